The minimum atomic E-state index is 0.329. The Morgan fingerprint density at radius 1 is 1.39 bits per heavy atom. The van der Waals surface area contributed by atoms with Crippen LogP contribution in [0.4, 0.5) is 5.95 Å². The standard InChI is InChI=1S/C8H8N8S2/c1-3-11-8(18-16-3)17-6-4-2-10-15-5(4)12-7(13-6)14-9/h2H,9H2,1H3,(H2,10,12,13,14,15). The van der Waals surface area contributed by atoms with Crippen LogP contribution in [-0.2, 0) is 0 Å². The van der Waals surface area contributed by atoms with Gasteiger partial charge in [0.15, 0.2) is 9.99 Å². The van der Waals surface area contributed by atoms with Gasteiger partial charge in [0.25, 0.3) is 0 Å². The number of H-pyrrole nitrogens is 1. The Bertz CT molecular complexity index is 689. The molecule has 0 aromatic carbocycles. The quantitative estimate of drug-likeness (QED) is 0.368. The molecule has 0 aliphatic heterocycles. The van der Waals surface area contributed by atoms with E-state index >= 15 is 0 Å². The zero-order valence-electron chi connectivity index (χ0n) is 9.21. The van der Waals surface area contributed by atoms with Crippen molar-refractivity contribution in [2.75, 3.05) is 5.43 Å². The van der Waals surface area contributed by atoms with Crippen LogP contribution in [0.25, 0.3) is 11.0 Å². The fourth-order valence-corrected chi connectivity index (χ4v) is 3.01. The highest BCUT2D eigenvalue weighted by Crippen LogP contribution is 2.32. The summed E-state index contributed by atoms with van der Waals surface area (Å²) in [6.45, 7) is 1.85. The number of anilines is 1. The maximum Gasteiger partial charge on any atom is 0.240 e. The first-order chi connectivity index (χ1) is 8.76. The molecular formula is C8H8N8S2. The van der Waals surface area contributed by atoms with E-state index in [2.05, 4.69) is 34.9 Å². The summed E-state index contributed by atoms with van der Waals surface area (Å²) < 4.78 is 4.94. The number of hydrazine groups is 1. The van der Waals surface area contributed by atoms with E-state index in [1.807, 2.05) is 6.92 Å². The second kappa shape index (κ2) is 4.48. The molecule has 0 fully saturated rings. The summed E-state index contributed by atoms with van der Waals surface area (Å²) in [5.74, 6) is 6.41. The van der Waals surface area contributed by atoms with Crippen molar-refractivity contribution in [2.45, 2.75) is 16.3 Å². The van der Waals surface area contributed by atoms with Crippen molar-refractivity contribution in [3.8, 4) is 0 Å². The molecule has 8 nitrogen and oxygen atoms in total. The maximum atomic E-state index is 5.33. The number of rotatable bonds is 3. The molecule has 92 valence electrons. The third-order valence-electron chi connectivity index (χ3n) is 2.10. The zero-order valence-corrected chi connectivity index (χ0v) is 10.8. The van der Waals surface area contributed by atoms with Crippen LogP contribution >= 0.6 is 23.3 Å². The molecule has 0 aliphatic carbocycles. The van der Waals surface area contributed by atoms with Crippen molar-refractivity contribution in [1.82, 2.24) is 29.5 Å². The molecule has 10 heteroatoms. The third kappa shape index (κ3) is 2.00. The van der Waals surface area contributed by atoms with E-state index < -0.39 is 0 Å². The van der Waals surface area contributed by atoms with E-state index in [0.717, 1.165) is 20.6 Å². The van der Waals surface area contributed by atoms with Gasteiger partial charge in [0.2, 0.25) is 5.95 Å². The van der Waals surface area contributed by atoms with Crippen LogP contribution in [0.1, 0.15) is 5.82 Å². The molecule has 3 aromatic rings. The molecule has 0 atom stereocenters. The predicted octanol–water partition coefficient (Wildman–Crippen LogP) is 0.950. The Hall–Kier alpha value is -1.78. The first-order valence-electron chi connectivity index (χ1n) is 4.92. The lowest BCUT2D eigenvalue weighted by molar-refractivity contribution is 1.05. The number of nitrogen functional groups attached to an aromatic ring is 1. The van der Waals surface area contributed by atoms with E-state index in [-0.39, 0.29) is 0 Å². The molecule has 3 aromatic heterocycles. The van der Waals surface area contributed by atoms with Crippen LogP contribution in [0, 0.1) is 6.92 Å². The van der Waals surface area contributed by atoms with Gasteiger partial charge in [-0.25, -0.2) is 15.8 Å². The lowest BCUT2D eigenvalue weighted by atomic mass is 10.4. The molecule has 4 N–H and O–H groups in total. The molecule has 0 radical (unpaired) electrons. The summed E-state index contributed by atoms with van der Waals surface area (Å²) in [6, 6.07) is 0. The van der Waals surface area contributed by atoms with Crippen LogP contribution in [0.2, 0.25) is 0 Å². The normalized spacial score (nSPS) is 11.0. The van der Waals surface area contributed by atoms with Gasteiger partial charge < -0.3 is 0 Å². The van der Waals surface area contributed by atoms with E-state index in [1.165, 1.54) is 23.3 Å². The van der Waals surface area contributed by atoms with Gasteiger partial charge >= 0.3 is 0 Å². The lowest BCUT2D eigenvalue weighted by Crippen LogP contribution is -2.10. The molecule has 0 unspecified atom stereocenters. The van der Waals surface area contributed by atoms with Crippen molar-refractivity contribution < 1.29 is 0 Å². The fourth-order valence-electron chi connectivity index (χ4n) is 1.35. The van der Waals surface area contributed by atoms with E-state index in [4.69, 9.17) is 5.84 Å². The molecule has 3 rings (SSSR count). The molecule has 0 saturated heterocycles. The van der Waals surface area contributed by atoms with Gasteiger partial charge in [-0.2, -0.15) is 14.5 Å². The fraction of sp³-hybridized carbons (Fsp3) is 0.125. The Morgan fingerprint density at radius 3 is 3.00 bits per heavy atom. The van der Waals surface area contributed by atoms with Gasteiger partial charge in [-0.3, -0.25) is 10.5 Å². The number of nitrogens with two attached hydrogens (primary N) is 1. The van der Waals surface area contributed by atoms with Crippen molar-refractivity contribution in [2.24, 2.45) is 5.84 Å². The number of aryl methyl sites for hydroxylation is 1. The molecule has 18 heavy (non-hydrogen) atoms. The minimum Gasteiger partial charge on any atom is -0.292 e. The zero-order chi connectivity index (χ0) is 12.5. The highest BCUT2D eigenvalue weighted by molar-refractivity contribution is 8.01. The van der Waals surface area contributed by atoms with Gasteiger partial charge in [0.05, 0.1) is 11.6 Å². The van der Waals surface area contributed by atoms with E-state index in [9.17, 15) is 0 Å². The summed E-state index contributed by atoms with van der Waals surface area (Å²) in [4.78, 5) is 12.7. The average molecular weight is 280 g/mol. The molecule has 0 aliphatic rings. The largest absolute Gasteiger partial charge is 0.292 e. The minimum absolute atomic E-state index is 0.329. The average Bonchev–Trinajstić information content (AvgIpc) is 2.98. The maximum absolute atomic E-state index is 5.33. The smallest absolute Gasteiger partial charge is 0.240 e. The summed E-state index contributed by atoms with van der Waals surface area (Å²) in [5, 5.41) is 8.29. The van der Waals surface area contributed by atoms with Crippen molar-refractivity contribution >= 4 is 40.3 Å². The third-order valence-corrected chi connectivity index (χ3v) is 3.94. The molecule has 0 saturated carbocycles. The Balaban J connectivity index is 2.06. The van der Waals surface area contributed by atoms with Gasteiger partial charge in [-0.15, -0.1) is 0 Å². The first-order valence-corrected chi connectivity index (χ1v) is 6.51. The van der Waals surface area contributed by atoms with Crippen molar-refractivity contribution in [1.29, 1.82) is 0 Å². The Labute approximate surface area is 110 Å². The number of nitrogens with zero attached hydrogens (tertiary/aromatic N) is 5. The molecule has 3 heterocycles. The van der Waals surface area contributed by atoms with Gasteiger partial charge in [0.1, 0.15) is 10.9 Å². The number of aromatic amines is 1. The highest BCUT2D eigenvalue weighted by Gasteiger charge is 2.12. The van der Waals surface area contributed by atoms with E-state index in [1.54, 1.807) is 6.20 Å². The second-order valence-corrected chi connectivity index (χ2v) is 5.33. The van der Waals surface area contributed by atoms with Crippen LogP contribution in [-0.4, -0.2) is 29.5 Å². The first kappa shape index (κ1) is 11.3. The summed E-state index contributed by atoms with van der Waals surface area (Å²) in [7, 11) is 0. The van der Waals surface area contributed by atoms with Gasteiger partial charge in [0, 0.05) is 0 Å². The number of hydrogen-bond acceptors (Lipinski definition) is 9. The van der Waals surface area contributed by atoms with Gasteiger partial charge in [-0.05, 0) is 30.2 Å². The molecule has 0 spiro atoms. The molecular weight excluding hydrogens is 272 g/mol. The van der Waals surface area contributed by atoms with E-state index in [0.29, 0.717) is 11.6 Å². The Kier molecular flexibility index (Phi) is 2.81. The number of hydrogen-bond donors (Lipinski definition) is 3. The number of aromatic nitrogens is 6. The van der Waals surface area contributed by atoms with Crippen LogP contribution < -0.4 is 11.3 Å². The molecule has 0 bridgehead atoms. The topological polar surface area (TPSA) is 118 Å². The summed E-state index contributed by atoms with van der Waals surface area (Å²) in [5.41, 5.74) is 3.05. The predicted molar refractivity (Wildman–Crippen MR) is 68.3 cm³/mol. The van der Waals surface area contributed by atoms with Gasteiger partial charge in [-0.1, -0.05) is 0 Å². The number of nitrogens with one attached hydrogen (secondary N) is 2. The highest BCUT2D eigenvalue weighted by atomic mass is 32.2. The van der Waals surface area contributed by atoms with Crippen LogP contribution in [0.3, 0.4) is 0 Å². The van der Waals surface area contributed by atoms with Crippen molar-refractivity contribution in [3.05, 3.63) is 12.0 Å². The lowest BCUT2D eigenvalue weighted by Gasteiger charge is -2.02. The Morgan fingerprint density at radius 2 is 2.28 bits per heavy atom. The monoisotopic (exact) mass is 280 g/mol. The number of fused-ring (bicyclic) bond motifs is 1. The van der Waals surface area contributed by atoms with Crippen LogP contribution in [0.5, 0.6) is 0 Å². The van der Waals surface area contributed by atoms with Crippen LogP contribution in [0.15, 0.2) is 15.6 Å². The summed E-state index contributed by atoms with van der Waals surface area (Å²) in [6.07, 6.45) is 1.67. The second-order valence-electron chi connectivity index (χ2n) is 3.34. The van der Waals surface area contributed by atoms with Crippen molar-refractivity contribution in [3.63, 3.8) is 0 Å². The SMILES string of the molecule is Cc1nsc(Sc2nc(NN)nc3[nH]ncc23)n1. The molecule has 0 amide bonds. The summed E-state index contributed by atoms with van der Waals surface area (Å²) >= 11 is 2.74.